The highest BCUT2D eigenvalue weighted by Gasteiger charge is 2.08. The average Bonchev–Trinajstić information content (AvgIpc) is 2.21. The van der Waals surface area contributed by atoms with E-state index in [-0.39, 0.29) is 8.90 Å². The van der Waals surface area contributed by atoms with E-state index >= 15 is 0 Å². The first-order valence-electron chi connectivity index (χ1n) is 2.63. The third-order valence-electron chi connectivity index (χ3n) is 1.22. The minimum atomic E-state index is 0.206. The average molecular weight is 299 g/mol. The van der Waals surface area contributed by atoms with Gasteiger partial charge in [0, 0.05) is 0 Å². The first-order valence-corrected chi connectivity index (χ1v) is 7.43. The molecule has 0 aliphatic rings. The zero-order chi connectivity index (χ0) is 7.14. The van der Waals surface area contributed by atoms with E-state index in [1.54, 1.807) is 11.3 Å². The molecule has 0 aliphatic heterocycles. The number of hydrogen-bond acceptors (Lipinski definition) is 1. The lowest BCUT2D eigenvalue weighted by atomic mass is 10.4. The van der Waals surface area contributed by atoms with Gasteiger partial charge in [-0.3, -0.25) is 0 Å². The molecule has 0 aromatic carbocycles. The molecule has 1 unspecified atom stereocenters. The quantitative estimate of drug-likeness (QED) is 0.625. The Balaban J connectivity index is 2.83. The van der Waals surface area contributed by atoms with Gasteiger partial charge in [0.25, 0.3) is 14.8 Å². The zero-order valence-electron chi connectivity index (χ0n) is 4.80. The second-order valence-corrected chi connectivity index (χ2v) is 7.73. The lowest BCUT2D eigenvalue weighted by Gasteiger charge is -1.67. The van der Waals surface area contributed by atoms with Crippen molar-refractivity contribution < 1.29 is 0 Å². The van der Waals surface area contributed by atoms with Gasteiger partial charge in [-0.1, -0.05) is 0 Å². The van der Waals surface area contributed by atoms with Gasteiger partial charge < -0.3 is 0 Å². The van der Waals surface area contributed by atoms with E-state index in [2.05, 4.69) is 47.6 Å². The molecule has 0 bridgehead atoms. The standard InChI is InChI=1S/C6H3Br2S2/c7-6-1-4-2-10(8)3-5(4)9-6/h1-3H/q+1. The lowest BCUT2D eigenvalue weighted by molar-refractivity contribution is 2.08. The SMILES string of the molecule is Brc1cc2c[s+](Br)cc2s1. The maximum absolute atomic E-state index is 3.53. The largest absolute Gasteiger partial charge is 0.268 e. The van der Waals surface area contributed by atoms with Crippen LogP contribution in [0, 0.1) is 0 Å². The van der Waals surface area contributed by atoms with Crippen LogP contribution in [0.4, 0.5) is 0 Å². The number of thiophene rings is 2. The number of halogens is 2. The second-order valence-electron chi connectivity index (χ2n) is 1.92. The van der Waals surface area contributed by atoms with Gasteiger partial charge in [0.15, 0.2) is 10.8 Å². The maximum atomic E-state index is 3.53. The first-order chi connectivity index (χ1) is 4.75. The predicted molar refractivity (Wildman–Crippen MR) is 56.3 cm³/mol. The topological polar surface area (TPSA) is 0 Å². The molecular weight excluding hydrogens is 296 g/mol. The van der Waals surface area contributed by atoms with Gasteiger partial charge in [-0.25, -0.2) is 0 Å². The van der Waals surface area contributed by atoms with Gasteiger partial charge in [0.2, 0.25) is 0 Å². The Labute approximate surface area is 81.2 Å². The van der Waals surface area contributed by atoms with E-state index in [4.69, 9.17) is 0 Å². The minimum Gasteiger partial charge on any atom is -0.123 e. The third-order valence-corrected chi connectivity index (χ3v) is 5.03. The van der Waals surface area contributed by atoms with Crippen LogP contribution in [0.2, 0.25) is 0 Å². The molecule has 0 aliphatic carbocycles. The van der Waals surface area contributed by atoms with Gasteiger partial charge in [-0.15, -0.1) is 11.3 Å². The first kappa shape index (κ1) is 7.28. The van der Waals surface area contributed by atoms with Crippen molar-refractivity contribution in [2.24, 2.45) is 0 Å². The summed E-state index contributed by atoms with van der Waals surface area (Å²) in [6, 6.07) is 2.16. The van der Waals surface area contributed by atoms with Crippen LogP contribution >= 0.6 is 51.0 Å². The fourth-order valence-corrected chi connectivity index (χ4v) is 5.19. The summed E-state index contributed by atoms with van der Waals surface area (Å²) >= 11 is 8.76. The Morgan fingerprint density at radius 2 is 2.20 bits per heavy atom. The zero-order valence-corrected chi connectivity index (χ0v) is 9.61. The van der Waals surface area contributed by atoms with Gasteiger partial charge >= 0.3 is 0 Å². The summed E-state index contributed by atoms with van der Waals surface area (Å²) in [6.45, 7) is 0. The molecule has 4 heteroatoms. The number of rotatable bonds is 0. The van der Waals surface area contributed by atoms with Gasteiger partial charge in [-0.05, 0) is 22.0 Å². The number of fused-ring (bicyclic) bond motifs is 1. The van der Waals surface area contributed by atoms with Crippen LogP contribution in [0.5, 0.6) is 0 Å². The molecule has 52 valence electrons. The van der Waals surface area contributed by atoms with Crippen molar-refractivity contribution in [1.82, 2.24) is 0 Å². The van der Waals surface area contributed by atoms with E-state index in [0.717, 1.165) is 0 Å². The molecule has 0 nitrogen and oxygen atoms in total. The van der Waals surface area contributed by atoms with Crippen LogP contribution in [0.1, 0.15) is 0 Å². The molecule has 2 aromatic heterocycles. The smallest absolute Gasteiger partial charge is 0.123 e. The predicted octanol–water partition coefficient (Wildman–Crippen LogP) is 4.57. The molecule has 0 radical (unpaired) electrons. The summed E-state index contributed by atoms with van der Waals surface area (Å²) in [4.78, 5) is 0. The maximum Gasteiger partial charge on any atom is 0.268 e. The Morgan fingerprint density at radius 3 is 2.90 bits per heavy atom. The van der Waals surface area contributed by atoms with Gasteiger partial charge in [-0.2, -0.15) is 0 Å². The molecule has 2 rings (SSSR count). The minimum absolute atomic E-state index is 0.206. The Bertz CT molecular complexity index is 298. The molecule has 2 aromatic rings. The summed E-state index contributed by atoms with van der Waals surface area (Å²) in [6.07, 6.45) is 0. The highest BCUT2D eigenvalue weighted by atomic mass is 79.9. The molecule has 0 spiro atoms. The van der Waals surface area contributed by atoms with E-state index < -0.39 is 0 Å². The van der Waals surface area contributed by atoms with Crippen molar-refractivity contribution in [2.45, 2.75) is 0 Å². The summed E-state index contributed by atoms with van der Waals surface area (Å²) in [7, 11) is 0.206. The third kappa shape index (κ3) is 1.18. The Kier molecular flexibility index (Phi) is 1.88. The fraction of sp³-hybridized carbons (Fsp3) is 0. The van der Waals surface area contributed by atoms with Crippen LogP contribution in [-0.4, -0.2) is 0 Å². The molecule has 2 heterocycles. The monoisotopic (exact) mass is 297 g/mol. The van der Waals surface area contributed by atoms with Crippen LogP contribution in [-0.2, 0) is 0 Å². The van der Waals surface area contributed by atoms with Crippen LogP contribution in [0.3, 0.4) is 0 Å². The molecule has 0 N–H and O–H groups in total. The fourth-order valence-electron chi connectivity index (χ4n) is 0.829. The highest BCUT2D eigenvalue weighted by Crippen LogP contribution is 2.39. The summed E-state index contributed by atoms with van der Waals surface area (Å²) in [5.74, 6) is 0. The summed E-state index contributed by atoms with van der Waals surface area (Å²) in [5.41, 5.74) is 0. The normalized spacial score (nSPS) is 12.8. The van der Waals surface area contributed by atoms with Crippen molar-refractivity contribution in [3.8, 4) is 0 Å². The molecule has 1 atom stereocenters. The van der Waals surface area contributed by atoms with Crippen molar-refractivity contribution in [2.75, 3.05) is 0 Å². The van der Waals surface area contributed by atoms with Crippen LogP contribution in [0.25, 0.3) is 10.1 Å². The van der Waals surface area contributed by atoms with Gasteiger partial charge in [0.1, 0.15) is 0 Å². The van der Waals surface area contributed by atoms with Crippen LogP contribution < -0.4 is 0 Å². The van der Waals surface area contributed by atoms with Crippen molar-refractivity contribution >= 4 is 61.1 Å². The Morgan fingerprint density at radius 1 is 1.40 bits per heavy atom. The summed E-state index contributed by atoms with van der Waals surface area (Å²) in [5, 5.41) is 5.83. The van der Waals surface area contributed by atoms with E-state index in [1.807, 2.05) is 0 Å². The molecule has 10 heavy (non-hydrogen) atoms. The van der Waals surface area contributed by atoms with E-state index in [9.17, 15) is 0 Å². The van der Waals surface area contributed by atoms with Gasteiger partial charge in [0.05, 0.1) is 22.8 Å². The molecule has 0 saturated heterocycles. The highest BCUT2D eigenvalue weighted by molar-refractivity contribution is 9.34. The van der Waals surface area contributed by atoms with Crippen LogP contribution in [0.15, 0.2) is 20.6 Å². The summed E-state index contributed by atoms with van der Waals surface area (Å²) < 4.78 is 2.60. The molecule has 0 fully saturated rings. The van der Waals surface area contributed by atoms with E-state index in [1.165, 1.54) is 13.9 Å². The van der Waals surface area contributed by atoms with E-state index in [0.29, 0.717) is 0 Å². The lowest BCUT2D eigenvalue weighted by Crippen LogP contribution is -1.39. The van der Waals surface area contributed by atoms with Crippen molar-refractivity contribution in [3.63, 3.8) is 0 Å². The molecule has 0 saturated carbocycles. The Hall–Kier alpha value is 0.620. The van der Waals surface area contributed by atoms with Crippen molar-refractivity contribution in [1.29, 1.82) is 0 Å². The van der Waals surface area contributed by atoms with Crippen molar-refractivity contribution in [3.05, 3.63) is 20.6 Å². The molecular formula is C6H3Br2S2+. The second kappa shape index (κ2) is 2.59. The number of hydrogen-bond donors (Lipinski definition) is 0. The molecule has 0 amide bonds.